The van der Waals surface area contributed by atoms with Gasteiger partial charge in [0.25, 0.3) is 0 Å². The summed E-state index contributed by atoms with van der Waals surface area (Å²) in [5, 5.41) is 0. The third-order valence-corrected chi connectivity index (χ3v) is 14.8. The molecule has 6 fully saturated rings. The maximum absolute atomic E-state index is 3.20. The number of hydrogen-bond donors (Lipinski definition) is 0. The molecule has 0 spiro atoms. The summed E-state index contributed by atoms with van der Waals surface area (Å²) < 4.78 is 0. The Morgan fingerprint density at radius 1 is 0.279 bits per heavy atom. The lowest BCUT2D eigenvalue weighted by Gasteiger charge is -2.50. The Labute approximate surface area is 269 Å². The zero-order valence-electron chi connectivity index (χ0n) is 29.5. The number of nitrogens with zero attached hydrogens (tertiary/aromatic N) is 2. The quantitative estimate of drug-likeness (QED) is 0.276. The van der Waals surface area contributed by atoms with Crippen molar-refractivity contribution < 1.29 is 0 Å². The molecule has 6 rings (SSSR count). The van der Waals surface area contributed by atoms with E-state index in [0.29, 0.717) is 0 Å². The van der Waals surface area contributed by atoms with E-state index in [1.165, 1.54) is 128 Å². The van der Waals surface area contributed by atoms with Gasteiger partial charge in [-0.2, -0.15) is 0 Å². The molecule has 2 nitrogen and oxygen atoms in total. The van der Waals surface area contributed by atoms with Gasteiger partial charge in [0.05, 0.1) is 0 Å². The summed E-state index contributed by atoms with van der Waals surface area (Å²) in [5.74, 6) is 5.96. The van der Waals surface area contributed by atoms with Crippen molar-refractivity contribution in [2.75, 3.05) is 0 Å². The topological polar surface area (TPSA) is 6.48 Å². The maximum atomic E-state index is 3.20. The fourth-order valence-electron chi connectivity index (χ4n) is 11.8. The highest BCUT2D eigenvalue weighted by Crippen LogP contribution is 2.43. The Hall–Kier alpha value is -0.0800. The van der Waals surface area contributed by atoms with Crippen molar-refractivity contribution in [3.8, 4) is 0 Å². The molecule has 0 aromatic carbocycles. The Morgan fingerprint density at radius 3 is 0.674 bits per heavy atom. The van der Waals surface area contributed by atoms with Gasteiger partial charge < -0.3 is 0 Å². The molecule has 6 saturated carbocycles. The van der Waals surface area contributed by atoms with Crippen LogP contribution in [0.2, 0.25) is 0 Å². The Morgan fingerprint density at radius 2 is 0.465 bits per heavy atom. The number of rotatable bonds is 8. The molecule has 6 aliphatic rings. The molecule has 0 bridgehead atoms. The van der Waals surface area contributed by atoms with Crippen LogP contribution in [0.4, 0.5) is 0 Å². The Balaban J connectivity index is 0.993. The first-order chi connectivity index (χ1) is 20.9. The Bertz CT molecular complexity index is 667. The van der Waals surface area contributed by atoms with Crippen LogP contribution in [0, 0.1) is 35.5 Å². The maximum Gasteiger partial charge on any atom is 0.0101 e. The van der Waals surface area contributed by atoms with E-state index in [2.05, 4.69) is 37.5 Å². The first kappa shape index (κ1) is 32.8. The van der Waals surface area contributed by atoms with Gasteiger partial charge in [0.2, 0.25) is 0 Å². The van der Waals surface area contributed by atoms with Crippen molar-refractivity contribution >= 4 is 0 Å². The van der Waals surface area contributed by atoms with E-state index >= 15 is 0 Å². The second-order valence-corrected chi connectivity index (χ2v) is 18.1. The molecule has 0 atom stereocenters. The molecule has 0 aliphatic heterocycles. The summed E-state index contributed by atoms with van der Waals surface area (Å²) in [6.45, 7) is 10.0. The van der Waals surface area contributed by atoms with Crippen molar-refractivity contribution in [2.24, 2.45) is 35.5 Å². The minimum atomic E-state index is 0.911. The van der Waals surface area contributed by atoms with Crippen LogP contribution in [0.15, 0.2) is 0 Å². The second-order valence-electron chi connectivity index (χ2n) is 18.1. The van der Waals surface area contributed by atoms with E-state index in [1.54, 1.807) is 32.1 Å². The average Bonchev–Trinajstić information content (AvgIpc) is 3.03. The van der Waals surface area contributed by atoms with E-state index in [1.807, 2.05) is 0 Å². The van der Waals surface area contributed by atoms with Gasteiger partial charge in [-0.05, 0) is 196 Å². The lowest BCUT2D eigenvalue weighted by atomic mass is 9.73. The molecule has 0 aromatic rings. The molecule has 2 heteroatoms. The molecule has 248 valence electrons. The van der Waals surface area contributed by atoms with E-state index < -0.39 is 0 Å². The van der Waals surface area contributed by atoms with Gasteiger partial charge >= 0.3 is 0 Å². The van der Waals surface area contributed by atoms with Crippen LogP contribution >= 0.6 is 0 Å². The molecule has 0 N–H and O–H groups in total. The third kappa shape index (κ3) is 8.64. The minimum Gasteiger partial charge on any atom is -0.294 e. The highest BCUT2D eigenvalue weighted by molar-refractivity contribution is 4.94. The first-order valence-corrected chi connectivity index (χ1v) is 20.5. The zero-order valence-corrected chi connectivity index (χ0v) is 29.5. The highest BCUT2D eigenvalue weighted by atomic mass is 15.2. The molecule has 6 aliphatic carbocycles. The predicted molar refractivity (Wildman–Crippen MR) is 185 cm³/mol. The summed E-state index contributed by atoms with van der Waals surface area (Å²) in [5.41, 5.74) is 0. The van der Waals surface area contributed by atoms with Crippen molar-refractivity contribution in [1.29, 1.82) is 0 Å². The summed E-state index contributed by atoms with van der Waals surface area (Å²) in [7, 11) is 0. The standard InChI is InChI=1S/C41H74N2/c1-30-5-17-36(18-6-30)42(37-19-7-31(2)8-20-37)40-25-13-34(14-26-40)29-35-15-27-41(28-16-35)43(38-21-9-32(3)10-22-38)39-23-11-33(4)12-24-39/h30-41H,5-29H2,1-4H3. The number of hydrogen-bond acceptors (Lipinski definition) is 2. The smallest absolute Gasteiger partial charge is 0.0101 e. The molecule has 0 heterocycles. The molecule has 0 saturated heterocycles. The van der Waals surface area contributed by atoms with Gasteiger partial charge in [-0.15, -0.1) is 0 Å². The van der Waals surface area contributed by atoms with Crippen LogP contribution in [0.25, 0.3) is 0 Å². The van der Waals surface area contributed by atoms with Gasteiger partial charge in [-0.25, -0.2) is 0 Å². The lowest BCUT2D eigenvalue weighted by Crippen LogP contribution is -2.53. The summed E-state index contributed by atoms with van der Waals surface area (Å²) in [4.78, 5) is 6.40. The van der Waals surface area contributed by atoms with Gasteiger partial charge in [0.1, 0.15) is 0 Å². The molecule has 0 aromatic heterocycles. The Kier molecular flexibility index (Phi) is 12.0. The van der Waals surface area contributed by atoms with Crippen LogP contribution in [-0.2, 0) is 0 Å². The van der Waals surface area contributed by atoms with Gasteiger partial charge in [0, 0.05) is 36.3 Å². The summed E-state index contributed by atoms with van der Waals surface area (Å²) >= 11 is 0. The van der Waals surface area contributed by atoms with E-state index in [9.17, 15) is 0 Å². The monoisotopic (exact) mass is 595 g/mol. The fourth-order valence-corrected chi connectivity index (χ4v) is 11.8. The van der Waals surface area contributed by atoms with Gasteiger partial charge in [0.15, 0.2) is 0 Å². The fraction of sp³-hybridized carbons (Fsp3) is 1.00. The van der Waals surface area contributed by atoms with Crippen LogP contribution in [-0.4, -0.2) is 46.1 Å². The summed E-state index contributed by atoms with van der Waals surface area (Å²) in [6.07, 6.45) is 37.6. The molecule has 43 heavy (non-hydrogen) atoms. The van der Waals surface area contributed by atoms with Crippen LogP contribution in [0.1, 0.15) is 188 Å². The SMILES string of the molecule is CC1CCC(N(C2CCC(C)CC2)C2CCC(CC3CCC(N(C4CCC(C)CC4)C4CCC(C)CC4)CC3)CC2)CC1. The molecule has 0 radical (unpaired) electrons. The zero-order chi connectivity index (χ0) is 29.8. The van der Waals surface area contributed by atoms with Gasteiger partial charge in [-0.3, -0.25) is 9.80 Å². The van der Waals surface area contributed by atoms with Crippen molar-refractivity contribution in [2.45, 2.75) is 224 Å². The van der Waals surface area contributed by atoms with Crippen molar-refractivity contribution in [1.82, 2.24) is 9.80 Å². The van der Waals surface area contributed by atoms with Crippen LogP contribution in [0.5, 0.6) is 0 Å². The lowest BCUT2D eigenvalue weighted by molar-refractivity contribution is -0.00227. The van der Waals surface area contributed by atoms with Crippen molar-refractivity contribution in [3.05, 3.63) is 0 Å². The molecule has 0 unspecified atom stereocenters. The van der Waals surface area contributed by atoms with E-state index in [0.717, 1.165) is 71.8 Å². The summed E-state index contributed by atoms with van der Waals surface area (Å²) in [6, 6.07) is 5.47. The predicted octanol–water partition coefficient (Wildman–Crippen LogP) is 11.4. The third-order valence-electron chi connectivity index (χ3n) is 14.8. The van der Waals surface area contributed by atoms with Crippen molar-refractivity contribution in [3.63, 3.8) is 0 Å². The minimum absolute atomic E-state index is 0.911. The van der Waals surface area contributed by atoms with E-state index in [4.69, 9.17) is 0 Å². The molecular weight excluding hydrogens is 520 g/mol. The second kappa shape index (κ2) is 15.7. The molecular formula is C41H74N2. The van der Waals surface area contributed by atoms with E-state index in [-0.39, 0.29) is 0 Å². The first-order valence-electron chi connectivity index (χ1n) is 20.5. The normalized spacial score (nSPS) is 45.3. The average molecular weight is 595 g/mol. The van der Waals surface area contributed by atoms with Crippen LogP contribution < -0.4 is 0 Å². The highest BCUT2D eigenvalue weighted by Gasteiger charge is 2.40. The van der Waals surface area contributed by atoms with Crippen LogP contribution in [0.3, 0.4) is 0 Å². The van der Waals surface area contributed by atoms with Gasteiger partial charge in [-0.1, -0.05) is 27.7 Å². The molecule has 0 amide bonds. The largest absolute Gasteiger partial charge is 0.294 e.